The van der Waals surface area contributed by atoms with Crippen molar-refractivity contribution in [2.45, 2.75) is 0 Å². The summed E-state index contributed by atoms with van der Waals surface area (Å²) in [5.41, 5.74) is 2.42. The predicted molar refractivity (Wildman–Crippen MR) is 126 cm³/mol. The van der Waals surface area contributed by atoms with Gasteiger partial charge in [-0.1, -0.05) is 65.9 Å². The molecule has 0 amide bonds. The summed E-state index contributed by atoms with van der Waals surface area (Å²) in [7, 11) is 0. The van der Waals surface area contributed by atoms with Gasteiger partial charge in [-0.3, -0.25) is 9.59 Å². The molecule has 5 nitrogen and oxygen atoms in total. The second-order valence-electron chi connectivity index (χ2n) is 7.42. The molecule has 0 saturated heterocycles. The number of hydrogen-bond donors (Lipinski definition) is 0. The fourth-order valence-electron chi connectivity index (χ4n) is 3.80. The minimum absolute atomic E-state index is 0.121. The van der Waals surface area contributed by atoms with Crippen molar-refractivity contribution in [2.24, 2.45) is 0 Å². The SMILES string of the molecule is O=C1C(=Cc2nc3oc(/C=C/c4ccccc4)nc3s2)C(=O)c2cc3ccccc3cc21. The average Bonchev–Trinajstić information content (AvgIpc) is 3.44. The third-order valence-corrected chi connectivity index (χ3v) is 6.24. The highest BCUT2D eigenvalue weighted by Crippen LogP contribution is 2.33. The number of allylic oxidation sites excluding steroid dienone is 1. The van der Waals surface area contributed by atoms with Crippen molar-refractivity contribution in [2.75, 3.05) is 0 Å². The van der Waals surface area contributed by atoms with Crippen molar-refractivity contribution >= 4 is 62.4 Å². The van der Waals surface area contributed by atoms with Gasteiger partial charge in [0, 0.05) is 17.2 Å². The highest BCUT2D eigenvalue weighted by Gasteiger charge is 2.33. The monoisotopic (exact) mass is 434 g/mol. The number of oxazole rings is 1. The van der Waals surface area contributed by atoms with Crippen LogP contribution >= 0.6 is 11.3 Å². The predicted octanol–water partition coefficient (Wildman–Crippen LogP) is 6.07. The Labute approximate surface area is 186 Å². The van der Waals surface area contributed by atoms with Gasteiger partial charge in [-0.05, 0) is 40.6 Å². The molecule has 1 aliphatic rings. The molecule has 0 radical (unpaired) electrons. The Balaban J connectivity index is 1.32. The zero-order valence-electron chi connectivity index (χ0n) is 16.6. The Hall–Kier alpha value is -4.16. The largest absolute Gasteiger partial charge is 0.417 e. The number of ketones is 2. The highest BCUT2D eigenvalue weighted by molar-refractivity contribution is 7.18. The third-order valence-electron chi connectivity index (χ3n) is 5.36. The lowest BCUT2D eigenvalue weighted by atomic mass is 10.0. The third kappa shape index (κ3) is 3.09. The summed E-state index contributed by atoms with van der Waals surface area (Å²) in [6, 6.07) is 21.1. The van der Waals surface area contributed by atoms with E-state index < -0.39 is 0 Å². The number of fused-ring (bicyclic) bond motifs is 3. The maximum absolute atomic E-state index is 12.9. The lowest BCUT2D eigenvalue weighted by molar-refractivity contribution is 0.0990. The molecule has 2 heterocycles. The number of Topliss-reactive ketones (excluding diaryl/α,β-unsaturated/α-hetero) is 2. The van der Waals surface area contributed by atoms with Crippen molar-refractivity contribution in [3.05, 3.63) is 99.9 Å². The lowest BCUT2D eigenvalue weighted by Gasteiger charge is -2.00. The van der Waals surface area contributed by atoms with Crippen molar-refractivity contribution < 1.29 is 14.0 Å². The van der Waals surface area contributed by atoms with Crippen LogP contribution in [0.4, 0.5) is 0 Å². The van der Waals surface area contributed by atoms with Crippen LogP contribution in [0.3, 0.4) is 0 Å². The Bertz CT molecular complexity index is 1520. The molecule has 0 unspecified atom stereocenters. The van der Waals surface area contributed by atoms with Crippen molar-refractivity contribution in [3.63, 3.8) is 0 Å². The van der Waals surface area contributed by atoms with E-state index in [1.807, 2.05) is 60.7 Å². The van der Waals surface area contributed by atoms with Crippen molar-refractivity contribution in [3.8, 4) is 0 Å². The minimum atomic E-state index is -0.276. The number of rotatable bonds is 3. The second-order valence-corrected chi connectivity index (χ2v) is 8.43. The zero-order valence-corrected chi connectivity index (χ0v) is 17.4. The Kier molecular flexibility index (Phi) is 4.19. The van der Waals surface area contributed by atoms with Crippen molar-refractivity contribution in [1.82, 2.24) is 9.97 Å². The first kappa shape index (κ1) is 18.6. The van der Waals surface area contributed by atoms with E-state index in [0.29, 0.717) is 32.6 Å². The first-order valence-corrected chi connectivity index (χ1v) is 10.8. The molecule has 0 atom stereocenters. The normalized spacial score (nSPS) is 13.6. The van der Waals surface area contributed by atoms with Crippen LogP contribution in [-0.4, -0.2) is 21.5 Å². The number of benzene rings is 3. The van der Waals surface area contributed by atoms with Crippen LogP contribution in [0.15, 0.2) is 76.7 Å². The van der Waals surface area contributed by atoms with Crippen LogP contribution in [0.2, 0.25) is 0 Å². The standard InChI is InChI=1S/C26H14N2O3S/c29-23-18-12-16-8-4-5-9-17(16)13-19(18)24(30)20(23)14-22-28-25-26(32-22)27-21(31-25)11-10-15-6-2-1-3-7-15/h1-14H/b11-10+. The van der Waals surface area contributed by atoms with Crippen molar-refractivity contribution in [1.29, 1.82) is 0 Å². The molecule has 0 bridgehead atoms. The topological polar surface area (TPSA) is 73.1 Å². The van der Waals surface area contributed by atoms with E-state index in [2.05, 4.69) is 9.97 Å². The number of aromatic nitrogens is 2. The summed E-state index contributed by atoms with van der Waals surface area (Å²) in [5, 5.41) is 2.38. The Morgan fingerprint density at radius 3 is 2.09 bits per heavy atom. The van der Waals surface area contributed by atoms with Gasteiger partial charge in [-0.25, -0.2) is 0 Å². The molecule has 152 valence electrons. The molecule has 6 rings (SSSR count). The Morgan fingerprint density at radius 1 is 0.781 bits per heavy atom. The molecule has 5 aromatic rings. The maximum Gasteiger partial charge on any atom is 0.259 e. The molecule has 1 aliphatic carbocycles. The summed E-state index contributed by atoms with van der Waals surface area (Å²) in [6.07, 6.45) is 5.24. The molecule has 6 heteroatoms. The molecule has 0 aliphatic heterocycles. The van der Waals surface area contributed by atoms with Gasteiger partial charge in [0.15, 0.2) is 16.4 Å². The quantitative estimate of drug-likeness (QED) is 0.254. The molecule has 2 aromatic heterocycles. The summed E-state index contributed by atoms with van der Waals surface area (Å²) in [5.74, 6) is -0.0991. The second kappa shape index (κ2) is 7.21. The van der Waals surface area contributed by atoms with Gasteiger partial charge in [0.25, 0.3) is 5.71 Å². The van der Waals surface area contributed by atoms with Gasteiger partial charge >= 0.3 is 0 Å². The summed E-state index contributed by atoms with van der Waals surface area (Å²) < 4.78 is 5.70. The molecule has 0 spiro atoms. The van der Waals surface area contributed by atoms with Gasteiger partial charge in [0.2, 0.25) is 5.89 Å². The first-order valence-electron chi connectivity index (χ1n) is 10.00. The number of nitrogens with zero attached hydrogens (tertiary/aromatic N) is 2. The van der Waals surface area contributed by atoms with Crippen LogP contribution in [0.25, 0.3) is 39.5 Å². The molecular weight excluding hydrogens is 420 g/mol. The van der Waals surface area contributed by atoms with Crippen LogP contribution in [0.1, 0.15) is 37.2 Å². The van der Waals surface area contributed by atoms with E-state index in [4.69, 9.17) is 4.42 Å². The molecule has 0 saturated carbocycles. The molecular formula is C26H14N2O3S. The Morgan fingerprint density at radius 2 is 1.44 bits per heavy atom. The smallest absolute Gasteiger partial charge is 0.259 e. The van der Waals surface area contributed by atoms with E-state index >= 15 is 0 Å². The summed E-state index contributed by atoms with van der Waals surface area (Å²) in [6.45, 7) is 0. The summed E-state index contributed by atoms with van der Waals surface area (Å²) in [4.78, 5) is 35.3. The average molecular weight is 434 g/mol. The first-order chi connectivity index (χ1) is 15.7. The number of hydrogen-bond acceptors (Lipinski definition) is 6. The van der Waals surface area contributed by atoms with E-state index in [-0.39, 0.29) is 17.1 Å². The number of carbonyl (C=O) groups excluding carboxylic acids is 2. The fraction of sp³-hybridized carbons (Fsp3) is 0. The fourth-order valence-corrected chi connectivity index (χ4v) is 4.61. The molecule has 32 heavy (non-hydrogen) atoms. The molecule has 0 N–H and O–H groups in total. The van der Waals surface area contributed by atoms with E-state index in [9.17, 15) is 9.59 Å². The summed E-state index contributed by atoms with van der Waals surface area (Å²) >= 11 is 1.28. The van der Waals surface area contributed by atoms with Gasteiger partial charge in [-0.15, -0.1) is 0 Å². The van der Waals surface area contributed by atoms with E-state index in [1.54, 1.807) is 18.2 Å². The lowest BCUT2D eigenvalue weighted by Crippen LogP contribution is -2.00. The molecule has 3 aromatic carbocycles. The van der Waals surface area contributed by atoms with Gasteiger partial charge in [0.05, 0.1) is 5.57 Å². The van der Waals surface area contributed by atoms with Crippen LogP contribution in [0.5, 0.6) is 0 Å². The van der Waals surface area contributed by atoms with Gasteiger partial charge in [-0.2, -0.15) is 9.97 Å². The van der Waals surface area contributed by atoms with Crippen LogP contribution < -0.4 is 0 Å². The number of carbonyl (C=O) groups is 2. The van der Waals surface area contributed by atoms with E-state index in [1.165, 1.54) is 17.4 Å². The zero-order chi connectivity index (χ0) is 21.7. The van der Waals surface area contributed by atoms with Crippen LogP contribution in [-0.2, 0) is 0 Å². The molecule has 0 fully saturated rings. The minimum Gasteiger partial charge on any atom is -0.417 e. The van der Waals surface area contributed by atoms with Crippen LogP contribution in [0, 0.1) is 0 Å². The van der Waals surface area contributed by atoms with Gasteiger partial charge in [0.1, 0.15) is 5.01 Å². The highest BCUT2D eigenvalue weighted by atomic mass is 32.1. The van der Waals surface area contributed by atoms with E-state index in [0.717, 1.165) is 16.3 Å². The van der Waals surface area contributed by atoms with Gasteiger partial charge < -0.3 is 4.42 Å². The number of thiazole rings is 1. The maximum atomic E-state index is 12.9.